The van der Waals surface area contributed by atoms with Gasteiger partial charge < -0.3 is 0 Å². The Morgan fingerprint density at radius 1 is 1.33 bits per heavy atom. The van der Waals surface area contributed by atoms with Gasteiger partial charge in [0.05, 0.1) is 0 Å². The minimum absolute atomic E-state index is 0.522. The summed E-state index contributed by atoms with van der Waals surface area (Å²) in [5.41, 5.74) is 3.74. The summed E-state index contributed by atoms with van der Waals surface area (Å²) in [6.45, 7) is 10.4. The van der Waals surface area contributed by atoms with Crippen LogP contribution < -0.4 is 0 Å². The average Bonchev–Trinajstić information content (AvgIpc) is 2.15. The molecule has 0 aromatic heterocycles. The lowest BCUT2D eigenvalue weighted by Crippen LogP contribution is -1.91. The fraction of sp³-hybridized carbons (Fsp3) is 0.286. The van der Waals surface area contributed by atoms with E-state index in [4.69, 9.17) is 0 Å². The van der Waals surface area contributed by atoms with Gasteiger partial charge in [0.2, 0.25) is 0 Å². The highest BCUT2D eigenvalue weighted by atomic mass is 79.9. The number of halogens is 1. The van der Waals surface area contributed by atoms with Crippen LogP contribution in [0.2, 0.25) is 0 Å². The summed E-state index contributed by atoms with van der Waals surface area (Å²) < 4.78 is 0.950. The molecule has 15 heavy (non-hydrogen) atoms. The van der Waals surface area contributed by atoms with Crippen LogP contribution in [0.5, 0.6) is 0 Å². The average molecular weight is 265 g/mol. The molecule has 0 saturated carbocycles. The van der Waals surface area contributed by atoms with E-state index in [0.29, 0.717) is 5.92 Å². The first-order chi connectivity index (χ1) is 7.02. The van der Waals surface area contributed by atoms with E-state index in [1.54, 1.807) is 0 Å². The van der Waals surface area contributed by atoms with Crippen LogP contribution in [0.3, 0.4) is 0 Å². The molecule has 1 heteroatoms. The molecule has 80 valence electrons. The molecule has 0 N–H and O–H groups in total. The van der Waals surface area contributed by atoms with Crippen LogP contribution in [0.25, 0.3) is 5.57 Å². The lowest BCUT2D eigenvalue weighted by molar-refractivity contribution is 0.834. The molecule has 0 unspecified atom stereocenters. The van der Waals surface area contributed by atoms with E-state index in [0.717, 1.165) is 4.48 Å². The second-order valence-corrected chi connectivity index (χ2v) is 5.00. The highest BCUT2D eigenvalue weighted by Crippen LogP contribution is 2.29. The van der Waals surface area contributed by atoms with Gasteiger partial charge in [-0.25, -0.2) is 0 Å². The van der Waals surface area contributed by atoms with Gasteiger partial charge >= 0.3 is 0 Å². The Morgan fingerprint density at radius 3 is 2.40 bits per heavy atom. The van der Waals surface area contributed by atoms with E-state index in [1.807, 2.05) is 0 Å². The second-order valence-electron chi connectivity index (χ2n) is 4.04. The molecular weight excluding hydrogens is 248 g/mol. The van der Waals surface area contributed by atoms with Gasteiger partial charge in [-0.05, 0) is 29.5 Å². The molecule has 0 aliphatic heterocycles. The normalized spacial score (nSPS) is 11.9. The van der Waals surface area contributed by atoms with Crippen molar-refractivity contribution < 1.29 is 0 Å². The van der Waals surface area contributed by atoms with Crippen molar-refractivity contribution in [2.75, 3.05) is 0 Å². The standard InChI is InChI=1S/C14H17Br/c1-10(2)9-14(12(4)15)13-8-6-5-7-11(13)3/h5-10H,4H2,1-3H3/b14-9+. The first-order valence-electron chi connectivity index (χ1n) is 5.15. The molecule has 0 bridgehead atoms. The molecule has 1 aromatic carbocycles. The highest BCUT2D eigenvalue weighted by molar-refractivity contribution is 9.12. The van der Waals surface area contributed by atoms with E-state index < -0.39 is 0 Å². The van der Waals surface area contributed by atoms with Crippen molar-refractivity contribution in [1.29, 1.82) is 0 Å². The quantitative estimate of drug-likeness (QED) is 0.679. The number of benzene rings is 1. The summed E-state index contributed by atoms with van der Waals surface area (Å²) in [7, 11) is 0. The van der Waals surface area contributed by atoms with Gasteiger partial charge in [0.15, 0.2) is 0 Å². The third-order valence-electron chi connectivity index (χ3n) is 2.23. The molecule has 0 amide bonds. The van der Waals surface area contributed by atoms with Crippen molar-refractivity contribution in [3.8, 4) is 0 Å². The van der Waals surface area contributed by atoms with Crippen LogP contribution in [0.4, 0.5) is 0 Å². The molecule has 1 aromatic rings. The zero-order chi connectivity index (χ0) is 11.4. The van der Waals surface area contributed by atoms with Crippen LogP contribution in [-0.2, 0) is 0 Å². The number of aryl methyl sites for hydroxylation is 1. The van der Waals surface area contributed by atoms with Crippen molar-refractivity contribution in [3.05, 3.63) is 52.5 Å². The fourth-order valence-corrected chi connectivity index (χ4v) is 1.88. The molecule has 0 heterocycles. The molecule has 0 atom stereocenters. The Hall–Kier alpha value is -0.820. The Morgan fingerprint density at radius 2 is 1.93 bits per heavy atom. The number of allylic oxidation sites excluding steroid dienone is 3. The lowest BCUT2D eigenvalue weighted by Gasteiger charge is -2.11. The molecule has 0 spiro atoms. The summed E-state index contributed by atoms with van der Waals surface area (Å²) in [6.07, 6.45) is 2.24. The molecule has 1 rings (SSSR count). The molecule has 0 radical (unpaired) electrons. The maximum Gasteiger partial charge on any atom is 0.0178 e. The van der Waals surface area contributed by atoms with Crippen molar-refractivity contribution in [1.82, 2.24) is 0 Å². The Kier molecular flexibility index (Phi) is 4.34. The summed E-state index contributed by atoms with van der Waals surface area (Å²) >= 11 is 3.48. The maximum atomic E-state index is 3.97. The van der Waals surface area contributed by atoms with Crippen molar-refractivity contribution in [2.45, 2.75) is 20.8 Å². The number of rotatable bonds is 3. The molecule has 0 fully saturated rings. The lowest BCUT2D eigenvalue weighted by atomic mass is 9.98. The van der Waals surface area contributed by atoms with Gasteiger partial charge in [-0.15, -0.1) is 0 Å². The van der Waals surface area contributed by atoms with E-state index >= 15 is 0 Å². The minimum Gasteiger partial charge on any atom is -0.0841 e. The van der Waals surface area contributed by atoms with Gasteiger partial charge in [0.25, 0.3) is 0 Å². The van der Waals surface area contributed by atoms with E-state index in [9.17, 15) is 0 Å². The summed E-state index contributed by atoms with van der Waals surface area (Å²) in [5, 5.41) is 0. The molecule has 0 aliphatic rings. The first-order valence-corrected chi connectivity index (χ1v) is 5.94. The van der Waals surface area contributed by atoms with Crippen molar-refractivity contribution >= 4 is 21.5 Å². The number of hydrogen-bond acceptors (Lipinski definition) is 0. The van der Waals surface area contributed by atoms with Gasteiger partial charge in [0.1, 0.15) is 0 Å². The third-order valence-corrected chi connectivity index (χ3v) is 2.65. The summed E-state index contributed by atoms with van der Waals surface area (Å²) in [5.74, 6) is 0.522. The van der Waals surface area contributed by atoms with Crippen LogP contribution in [0.1, 0.15) is 25.0 Å². The smallest absolute Gasteiger partial charge is 0.0178 e. The van der Waals surface area contributed by atoms with Crippen molar-refractivity contribution in [3.63, 3.8) is 0 Å². The predicted octanol–water partition coefficient (Wildman–Crippen LogP) is 4.94. The first kappa shape index (κ1) is 12.3. The topological polar surface area (TPSA) is 0 Å². The predicted molar refractivity (Wildman–Crippen MR) is 72.1 cm³/mol. The Bertz CT molecular complexity index is 386. The fourth-order valence-electron chi connectivity index (χ4n) is 1.53. The van der Waals surface area contributed by atoms with Gasteiger partial charge in [-0.1, -0.05) is 66.7 Å². The SMILES string of the molecule is C=C(Br)/C(=C\C(C)C)c1ccccc1C. The van der Waals surface area contributed by atoms with E-state index in [2.05, 4.69) is 73.6 Å². The molecule has 0 nitrogen and oxygen atoms in total. The Labute approximate surface area is 101 Å². The number of hydrogen-bond donors (Lipinski definition) is 0. The monoisotopic (exact) mass is 264 g/mol. The van der Waals surface area contributed by atoms with E-state index in [-0.39, 0.29) is 0 Å². The third kappa shape index (κ3) is 3.35. The summed E-state index contributed by atoms with van der Waals surface area (Å²) in [4.78, 5) is 0. The Balaban J connectivity index is 3.23. The maximum absolute atomic E-state index is 3.97. The minimum atomic E-state index is 0.522. The van der Waals surface area contributed by atoms with Crippen LogP contribution in [0, 0.1) is 12.8 Å². The summed E-state index contributed by atoms with van der Waals surface area (Å²) in [6, 6.07) is 8.38. The van der Waals surface area contributed by atoms with Crippen LogP contribution in [-0.4, -0.2) is 0 Å². The highest BCUT2D eigenvalue weighted by Gasteiger charge is 2.06. The van der Waals surface area contributed by atoms with Gasteiger partial charge in [-0.2, -0.15) is 0 Å². The molecular formula is C14H17Br. The van der Waals surface area contributed by atoms with Gasteiger partial charge in [0, 0.05) is 4.48 Å². The van der Waals surface area contributed by atoms with Crippen molar-refractivity contribution in [2.24, 2.45) is 5.92 Å². The van der Waals surface area contributed by atoms with Crippen LogP contribution in [0.15, 0.2) is 41.4 Å². The molecule has 0 saturated heterocycles. The second kappa shape index (κ2) is 5.32. The largest absolute Gasteiger partial charge is 0.0841 e. The zero-order valence-corrected chi connectivity index (χ0v) is 11.1. The van der Waals surface area contributed by atoms with E-state index in [1.165, 1.54) is 16.7 Å². The molecule has 0 aliphatic carbocycles. The zero-order valence-electron chi connectivity index (χ0n) is 9.55. The van der Waals surface area contributed by atoms with Crippen LogP contribution >= 0.6 is 15.9 Å². The van der Waals surface area contributed by atoms with Gasteiger partial charge in [-0.3, -0.25) is 0 Å².